The second-order valence-electron chi connectivity index (χ2n) is 4.12. The molecule has 0 fully saturated rings. The average Bonchev–Trinajstić information content (AvgIpc) is 3.07. The molecule has 0 aliphatic rings. The number of carboxylic acid groups (broad SMARTS) is 1. The van der Waals surface area contributed by atoms with Crippen LogP contribution in [0.3, 0.4) is 0 Å². The number of aromatic carboxylic acids is 1. The van der Waals surface area contributed by atoms with Crippen molar-refractivity contribution >= 4 is 17.3 Å². The molecule has 0 saturated heterocycles. The summed E-state index contributed by atoms with van der Waals surface area (Å²) in [6, 6.07) is 9.18. The first-order valence-corrected chi connectivity index (χ1v) is 6.81. The molecule has 1 N–H and O–H groups in total. The number of hydrogen-bond acceptors (Lipinski definition) is 6. The van der Waals surface area contributed by atoms with Gasteiger partial charge >= 0.3 is 5.97 Å². The van der Waals surface area contributed by atoms with E-state index in [4.69, 9.17) is 4.74 Å². The lowest BCUT2D eigenvalue weighted by Crippen LogP contribution is -2.01. The molecule has 2 heterocycles. The van der Waals surface area contributed by atoms with Gasteiger partial charge in [0.2, 0.25) is 5.69 Å². The highest BCUT2D eigenvalue weighted by Gasteiger charge is 2.19. The molecular weight excluding hydrogens is 292 g/mol. The summed E-state index contributed by atoms with van der Waals surface area (Å²) in [5, 5.41) is 21.9. The zero-order chi connectivity index (χ0) is 14.8. The number of aryl methyl sites for hydroxylation is 1. The SMILES string of the molecule is Cc1nnc(Oc2cn(-c3ccccc3)nc2C(=O)O)s1. The maximum atomic E-state index is 11.3. The average molecular weight is 302 g/mol. The first kappa shape index (κ1) is 13.3. The number of carboxylic acids is 1. The second-order valence-corrected chi connectivity index (χ2v) is 5.26. The Morgan fingerprint density at radius 3 is 2.67 bits per heavy atom. The number of ether oxygens (including phenoxy) is 1. The topological polar surface area (TPSA) is 90.1 Å². The van der Waals surface area contributed by atoms with Gasteiger partial charge in [0.05, 0.1) is 11.9 Å². The Bertz CT molecular complexity index is 782. The summed E-state index contributed by atoms with van der Waals surface area (Å²) in [5.41, 5.74) is 0.565. The van der Waals surface area contributed by atoms with E-state index >= 15 is 0 Å². The predicted octanol–water partition coefficient (Wildman–Crippen LogP) is 2.52. The molecule has 3 aromatic rings. The van der Waals surface area contributed by atoms with Gasteiger partial charge in [0, 0.05) is 0 Å². The molecule has 0 spiro atoms. The van der Waals surface area contributed by atoms with Crippen molar-refractivity contribution in [1.82, 2.24) is 20.0 Å². The molecule has 0 atom stereocenters. The molecule has 8 heteroatoms. The minimum atomic E-state index is -1.17. The van der Waals surface area contributed by atoms with Crippen molar-refractivity contribution in [3.8, 4) is 16.6 Å². The molecule has 0 radical (unpaired) electrons. The lowest BCUT2D eigenvalue weighted by atomic mass is 10.3. The molecule has 0 bridgehead atoms. The van der Waals surface area contributed by atoms with Crippen LogP contribution in [0, 0.1) is 6.92 Å². The lowest BCUT2D eigenvalue weighted by molar-refractivity contribution is 0.0687. The third kappa shape index (κ3) is 2.75. The Hall–Kier alpha value is -2.74. The predicted molar refractivity (Wildman–Crippen MR) is 75.2 cm³/mol. The van der Waals surface area contributed by atoms with Crippen molar-refractivity contribution in [3.05, 3.63) is 47.2 Å². The molecule has 106 valence electrons. The molecular formula is C13H10N4O3S. The Balaban J connectivity index is 1.99. The number of nitrogens with zero attached hydrogens (tertiary/aromatic N) is 4. The van der Waals surface area contributed by atoms with E-state index in [2.05, 4.69) is 15.3 Å². The third-order valence-corrected chi connectivity index (χ3v) is 3.33. The smallest absolute Gasteiger partial charge is 0.360 e. The summed E-state index contributed by atoms with van der Waals surface area (Å²) in [5.74, 6) is -1.04. The van der Waals surface area contributed by atoms with E-state index in [1.54, 1.807) is 6.92 Å². The van der Waals surface area contributed by atoms with Crippen LogP contribution in [-0.2, 0) is 0 Å². The van der Waals surface area contributed by atoms with Gasteiger partial charge in [-0.05, 0) is 19.1 Å². The van der Waals surface area contributed by atoms with E-state index in [1.807, 2.05) is 30.3 Å². The number of rotatable bonds is 4. The van der Waals surface area contributed by atoms with Gasteiger partial charge in [-0.3, -0.25) is 0 Å². The van der Waals surface area contributed by atoms with Gasteiger partial charge in [-0.25, -0.2) is 9.48 Å². The van der Waals surface area contributed by atoms with Crippen molar-refractivity contribution in [1.29, 1.82) is 0 Å². The fraction of sp³-hybridized carbons (Fsp3) is 0.0769. The summed E-state index contributed by atoms with van der Waals surface area (Å²) in [6.45, 7) is 1.79. The van der Waals surface area contributed by atoms with Crippen molar-refractivity contribution in [2.45, 2.75) is 6.92 Å². The van der Waals surface area contributed by atoms with E-state index in [1.165, 1.54) is 22.2 Å². The first-order chi connectivity index (χ1) is 10.1. The number of para-hydroxylation sites is 1. The van der Waals surface area contributed by atoms with Gasteiger partial charge in [0.25, 0.3) is 5.19 Å². The van der Waals surface area contributed by atoms with Crippen LogP contribution in [0.4, 0.5) is 0 Å². The van der Waals surface area contributed by atoms with Crippen molar-refractivity contribution in [3.63, 3.8) is 0 Å². The van der Waals surface area contributed by atoms with Gasteiger partial charge in [-0.1, -0.05) is 34.6 Å². The quantitative estimate of drug-likeness (QED) is 0.796. The Morgan fingerprint density at radius 2 is 2.05 bits per heavy atom. The molecule has 1 aromatic carbocycles. The monoisotopic (exact) mass is 302 g/mol. The fourth-order valence-electron chi connectivity index (χ4n) is 1.71. The van der Waals surface area contributed by atoms with Crippen LogP contribution in [0.2, 0.25) is 0 Å². The van der Waals surface area contributed by atoms with E-state index in [0.29, 0.717) is 0 Å². The molecule has 21 heavy (non-hydrogen) atoms. The van der Waals surface area contributed by atoms with E-state index < -0.39 is 5.97 Å². The second kappa shape index (κ2) is 5.33. The standard InChI is InChI=1S/C13H10N4O3S/c1-8-14-15-13(21-8)20-10-7-17(16-11(10)12(18)19)9-5-3-2-4-6-9/h2-7H,1H3,(H,18,19). The molecule has 0 aliphatic carbocycles. The van der Waals surface area contributed by atoms with Crippen LogP contribution in [-0.4, -0.2) is 31.1 Å². The van der Waals surface area contributed by atoms with Crippen LogP contribution in [0.15, 0.2) is 36.5 Å². The highest BCUT2D eigenvalue weighted by molar-refractivity contribution is 7.13. The Labute approximate surface area is 123 Å². The van der Waals surface area contributed by atoms with Gasteiger partial charge in [0.1, 0.15) is 5.01 Å². The van der Waals surface area contributed by atoms with E-state index in [0.717, 1.165) is 10.7 Å². The van der Waals surface area contributed by atoms with Crippen molar-refractivity contribution in [2.75, 3.05) is 0 Å². The summed E-state index contributed by atoms with van der Waals surface area (Å²) in [6.07, 6.45) is 1.51. The van der Waals surface area contributed by atoms with Crippen LogP contribution in [0.1, 0.15) is 15.5 Å². The largest absolute Gasteiger partial charge is 0.476 e. The van der Waals surface area contributed by atoms with E-state index in [-0.39, 0.29) is 16.6 Å². The maximum Gasteiger partial charge on any atom is 0.360 e. The summed E-state index contributed by atoms with van der Waals surface area (Å²) < 4.78 is 6.93. The molecule has 3 rings (SSSR count). The van der Waals surface area contributed by atoms with Crippen LogP contribution in [0.25, 0.3) is 5.69 Å². The molecule has 0 saturated carbocycles. The molecule has 0 aliphatic heterocycles. The van der Waals surface area contributed by atoms with Crippen LogP contribution in [0.5, 0.6) is 10.9 Å². The van der Waals surface area contributed by atoms with Gasteiger partial charge in [-0.15, -0.1) is 5.10 Å². The van der Waals surface area contributed by atoms with Crippen LogP contribution >= 0.6 is 11.3 Å². The highest BCUT2D eigenvalue weighted by Crippen LogP contribution is 2.28. The summed E-state index contributed by atoms with van der Waals surface area (Å²) in [7, 11) is 0. The number of carbonyl (C=O) groups is 1. The summed E-state index contributed by atoms with van der Waals surface area (Å²) >= 11 is 1.23. The van der Waals surface area contributed by atoms with Gasteiger partial charge < -0.3 is 9.84 Å². The Kier molecular flexibility index (Phi) is 3.36. The number of benzene rings is 1. The van der Waals surface area contributed by atoms with Crippen LogP contribution < -0.4 is 4.74 Å². The third-order valence-electron chi connectivity index (χ3n) is 2.61. The minimum Gasteiger partial charge on any atom is -0.476 e. The molecule has 2 aromatic heterocycles. The maximum absolute atomic E-state index is 11.3. The molecule has 0 amide bonds. The number of hydrogen-bond donors (Lipinski definition) is 1. The zero-order valence-electron chi connectivity index (χ0n) is 10.9. The molecule has 7 nitrogen and oxygen atoms in total. The summed E-state index contributed by atoms with van der Waals surface area (Å²) in [4.78, 5) is 11.3. The molecule has 0 unspecified atom stereocenters. The first-order valence-electron chi connectivity index (χ1n) is 6.00. The normalized spacial score (nSPS) is 10.5. The zero-order valence-corrected chi connectivity index (χ0v) is 11.7. The lowest BCUT2D eigenvalue weighted by Gasteiger charge is -1.98. The number of aromatic nitrogens is 4. The van der Waals surface area contributed by atoms with Gasteiger partial charge in [0.15, 0.2) is 5.75 Å². The van der Waals surface area contributed by atoms with Gasteiger partial charge in [-0.2, -0.15) is 5.10 Å². The fourth-order valence-corrected chi connectivity index (χ4v) is 2.26. The van der Waals surface area contributed by atoms with Crippen molar-refractivity contribution in [2.24, 2.45) is 0 Å². The minimum absolute atomic E-state index is 0.127. The highest BCUT2D eigenvalue weighted by atomic mass is 32.1. The van der Waals surface area contributed by atoms with Crippen molar-refractivity contribution < 1.29 is 14.6 Å². The Morgan fingerprint density at radius 1 is 1.29 bits per heavy atom. The van der Waals surface area contributed by atoms with E-state index in [9.17, 15) is 9.90 Å².